The number of piperazine rings is 1. The van der Waals surface area contributed by atoms with Gasteiger partial charge in [-0.1, -0.05) is 0 Å². The Morgan fingerprint density at radius 1 is 1.47 bits per heavy atom. The van der Waals surface area contributed by atoms with Crippen molar-refractivity contribution in [1.82, 2.24) is 15.5 Å². The highest BCUT2D eigenvalue weighted by atomic mass is 16.4. The molecule has 19 heavy (non-hydrogen) atoms. The van der Waals surface area contributed by atoms with Crippen LogP contribution >= 0.6 is 0 Å². The van der Waals surface area contributed by atoms with E-state index in [1.54, 1.807) is 0 Å². The summed E-state index contributed by atoms with van der Waals surface area (Å²) in [7, 11) is 0. The first-order chi connectivity index (χ1) is 8.70. The van der Waals surface area contributed by atoms with Gasteiger partial charge in [0.15, 0.2) is 6.04 Å². The number of aliphatic carboxylic acids is 1. The molecule has 0 aromatic carbocycles. The van der Waals surface area contributed by atoms with Gasteiger partial charge >= 0.3 is 12.0 Å². The van der Waals surface area contributed by atoms with E-state index in [2.05, 4.69) is 5.32 Å². The molecule has 1 atom stereocenters. The summed E-state index contributed by atoms with van der Waals surface area (Å²) in [5.74, 6) is -2.73. The number of rotatable bonds is 3. The van der Waals surface area contributed by atoms with E-state index in [4.69, 9.17) is 10.2 Å². The lowest BCUT2D eigenvalue weighted by Gasteiger charge is -2.40. The van der Waals surface area contributed by atoms with E-state index < -0.39 is 42.0 Å². The Morgan fingerprint density at radius 2 is 2.05 bits per heavy atom. The molecular formula is C10H15N3O6. The molecule has 0 bridgehead atoms. The van der Waals surface area contributed by atoms with Gasteiger partial charge in [-0.05, 0) is 13.8 Å². The number of nitrogens with zero attached hydrogens (tertiary/aromatic N) is 1. The summed E-state index contributed by atoms with van der Waals surface area (Å²) in [6, 6.07) is -2.40. The monoisotopic (exact) mass is 273 g/mol. The Labute approximate surface area is 108 Å². The predicted octanol–water partition coefficient (Wildman–Crippen LogP) is -2.12. The topological polar surface area (TPSA) is 136 Å². The Morgan fingerprint density at radius 3 is 2.53 bits per heavy atom. The molecule has 9 heteroatoms. The molecule has 0 radical (unpaired) electrons. The first kappa shape index (κ1) is 14.9. The SMILES string of the molecule is CC1(C)C(=O)NC(=O)CN1C(=O)NC(CO)C(=O)O. The van der Waals surface area contributed by atoms with Crippen LogP contribution in [0.5, 0.6) is 0 Å². The van der Waals surface area contributed by atoms with Gasteiger partial charge in [-0.15, -0.1) is 0 Å². The molecular weight excluding hydrogens is 258 g/mol. The normalized spacial score (nSPS) is 19.6. The summed E-state index contributed by atoms with van der Waals surface area (Å²) in [6.45, 7) is 1.67. The van der Waals surface area contributed by atoms with E-state index >= 15 is 0 Å². The minimum absolute atomic E-state index is 0.373. The molecule has 1 aliphatic rings. The standard InChI is InChI=1S/C10H15N3O6/c1-10(2)8(18)12-6(15)3-13(10)9(19)11-5(4-14)7(16)17/h5,14H,3-4H2,1-2H3,(H,11,19)(H,16,17)(H,12,15,18). The molecule has 0 aliphatic carbocycles. The number of carboxylic acid groups (broad SMARTS) is 1. The minimum atomic E-state index is -1.50. The minimum Gasteiger partial charge on any atom is -0.480 e. The van der Waals surface area contributed by atoms with E-state index in [0.717, 1.165) is 4.90 Å². The highest BCUT2D eigenvalue weighted by Crippen LogP contribution is 2.18. The van der Waals surface area contributed by atoms with E-state index in [1.165, 1.54) is 13.8 Å². The molecule has 0 saturated carbocycles. The van der Waals surface area contributed by atoms with Crippen molar-refractivity contribution in [2.24, 2.45) is 0 Å². The number of nitrogens with one attached hydrogen (secondary N) is 2. The number of urea groups is 1. The zero-order valence-electron chi connectivity index (χ0n) is 10.5. The summed E-state index contributed by atoms with van der Waals surface area (Å²) in [6.07, 6.45) is 0. The molecule has 0 spiro atoms. The van der Waals surface area contributed by atoms with Crippen molar-refractivity contribution in [3.05, 3.63) is 0 Å². The van der Waals surface area contributed by atoms with Crippen LogP contribution in [0.1, 0.15) is 13.8 Å². The summed E-state index contributed by atoms with van der Waals surface area (Å²) in [5.41, 5.74) is -1.30. The number of hydrogen-bond donors (Lipinski definition) is 4. The fraction of sp³-hybridized carbons (Fsp3) is 0.600. The Bertz CT molecular complexity index is 433. The van der Waals surface area contributed by atoms with Gasteiger partial charge in [0.25, 0.3) is 5.91 Å². The van der Waals surface area contributed by atoms with Gasteiger partial charge in [0.1, 0.15) is 12.1 Å². The van der Waals surface area contributed by atoms with E-state index in [1.807, 2.05) is 5.32 Å². The molecule has 1 unspecified atom stereocenters. The molecule has 1 heterocycles. The highest BCUT2D eigenvalue weighted by Gasteiger charge is 2.44. The molecule has 4 amide bonds. The second kappa shape index (κ2) is 5.22. The predicted molar refractivity (Wildman–Crippen MR) is 61.0 cm³/mol. The van der Waals surface area contributed by atoms with Crippen molar-refractivity contribution in [1.29, 1.82) is 0 Å². The zero-order chi connectivity index (χ0) is 14.8. The van der Waals surface area contributed by atoms with Crippen LogP contribution in [0, 0.1) is 0 Å². The summed E-state index contributed by atoms with van der Waals surface area (Å²) < 4.78 is 0. The van der Waals surface area contributed by atoms with E-state index in [9.17, 15) is 19.2 Å². The van der Waals surface area contributed by atoms with Gasteiger partial charge in [0.2, 0.25) is 5.91 Å². The molecule has 1 aliphatic heterocycles. The first-order valence-electron chi connectivity index (χ1n) is 5.46. The van der Waals surface area contributed by atoms with Crippen molar-refractivity contribution in [2.75, 3.05) is 13.2 Å². The molecule has 0 aromatic rings. The number of aliphatic hydroxyl groups is 1. The van der Waals surface area contributed by atoms with Crippen molar-refractivity contribution in [3.8, 4) is 0 Å². The quantitative estimate of drug-likeness (QED) is 0.434. The fourth-order valence-corrected chi connectivity index (χ4v) is 1.52. The fourth-order valence-electron chi connectivity index (χ4n) is 1.52. The van der Waals surface area contributed by atoms with Crippen molar-refractivity contribution >= 4 is 23.8 Å². The van der Waals surface area contributed by atoms with E-state index in [0.29, 0.717) is 0 Å². The Balaban J connectivity index is 2.87. The van der Waals surface area contributed by atoms with Crippen LogP contribution in [0.25, 0.3) is 0 Å². The van der Waals surface area contributed by atoms with Gasteiger partial charge in [0, 0.05) is 0 Å². The molecule has 1 rings (SSSR count). The van der Waals surface area contributed by atoms with Gasteiger partial charge in [-0.25, -0.2) is 9.59 Å². The molecule has 0 aromatic heterocycles. The maximum atomic E-state index is 11.9. The van der Waals surface area contributed by atoms with Crippen LogP contribution < -0.4 is 10.6 Å². The number of hydrogen-bond acceptors (Lipinski definition) is 5. The van der Waals surface area contributed by atoms with Gasteiger partial charge in [0.05, 0.1) is 6.61 Å². The van der Waals surface area contributed by atoms with Crippen LogP contribution in [0.3, 0.4) is 0 Å². The molecule has 106 valence electrons. The lowest BCUT2D eigenvalue weighted by molar-refractivity contribution is -0.142. The summed E-state index contributed by atoms with van der Waals surface area (Å²) in [4.78, 5) is 46.4. The highest BCUT2D eigenvalue weighted by molar-refractivity contribution is 6.06. The Hall–Kier alpha value is -2.16. The maximum absolute atomic E-state index is 11.9. The van der Waals surface area contributed by atoms with Gasteiger partial charge in [-0.3, -0.25) is 14.9 Å². The van der Waals surface area contributed by atoms with Crippen LogP contribution in [0.15, 0.2) is 0 Å². The van der Waals surface area contributed by atoms with Crippen LogP contribution in [0.2, 0.25) is 0 Å². The first-order valence-corrected chi connectivity index (χ1v) is 5.46. The number of imide groups is 1. The summed E-state index contributed by atoms with van der Waals surface area (Å²) >= 11 is 0. The zero-order valence-corrected chi connectivity index (χ0v) is 10.5. The molecule has 1 saturated heterocycles. The molecule has 4 N–H and O–H groups in total. The largest absolute Gasteiger partial charge is 0.480 e. The number of carbonyl (C=O) groups is 4. The maximum Gasteiger partial charge on any atom is 0.328 e. The lowest BCUT2D eigenvalue weighted by atomic mass is 9.99. The van der Waals surface area contributed by atoms with Gasteiger partial charge in [-0.2, -0.15) is 0 Å². The van der Waals surface area contributed by atoms with Gasteiger partial charge < -0.3 is 20.4 Å². The second-order valence-corrected chi connectivity index (χ2v) is 4.55. The third kappa shape index (κ3) is 2.99. The van der Waals surface area contributed by atoms with Crippen molar-refractivity contribution in [2.45, 2.75) is 25.4 Å². The third-order valence-corrected chi connectivity index (χ3v) is 2.81. The lowest BCUT2D eigenvalue weighted by Crippen LogP contribution is -2.68. The average molecular weight is 273 g/mol. The van der Waals surface area contributed by atoms with Crippen LogP contribution in [-0.2, 0) is 14.4 Å². The number of carbonyl (C=O) groups excluding carboxylic acids is 3. The van der Waals surface area contributed by atoms with Crippen molar-refractivity contribution < 1.29 is 29.4 Å². The van der Waals surface area contributed by atoms with Crippen LogP contribution in [-0.4, -0.2) is 63.7 Å². The second-order valence-electron chi connectivity index (χ2n) is 4.55. The smallest absolute Gasteiger partial charge is 0.328 e. The summed E-state index contributed by atoms with van der Waals surface area (Å²) in [5, 5.41) is 21.6. The van der Waals surface area contributed by atoms with E-state index in [-0.39, 0.29) is 6.54 Å². The number of carboxylic acids is 1. The average Bonchev–Trinajstić information content (AvgIpc) is 2.30. The third-order valence-electron chi connectivity index (χ3n) is 2.81. The van der Waals surface area contributed by atoms with Crippen LogP contribution in [0.4, 0.5) is 4.79 Å². The number of amides is 4. The molecule has 1 fully saturated rings. The number of aliphatic hydroxyl groups excluding tert-OH is 1. The molecule has 9 nitrogen and oxygen atoms in total. The van der Waals surface area contributed by atoms with Crippen molar-refractivity contribution in [3.63, 3.8) is 0 Å². The Kier molecular flexibility index (Phi) is 4.10.